The molecule has 0 aliphatic carbocycles. The molecule has 1 fully saturated rings. The molecule has 2 aromatic carbocycles. The Bertz CT molecular complexity index is 815. The second-order valence-corrected chi connectivity index (χ2v) is 7.34. The van der Waals surface area contributed by atoms with Crippen LogP contribution in [0.4, 0.5) is 14.9 Å². The number of amides is 3. The highest BCUT2D eigenvalue weighted by Gasteiger charge is 2.23. The molecule has 2 aromatic rings. The Morgan fingerprint density at radius 2 is 1.82 bits per heavy atom. The van der Waals surface area contributed by atoms with Crippen molar-refractivity contribution >= 4 is 17.6 Å². The highest BCUT2D eigenvalue weighted by Crippen LogP contribution is 2.18. The number of hydrogen-bond donors (Lipinski definition) is 2. The zero-order chi connectivity index (χ0) is 19.9. The lowest BCUT2D eigenvalue weighted by Crippen LogP contribution is -2.43. The van der Waals surface area contributed by atoms with E-state index in [9.17, 15) is 14.0 Å². The van der Waals surface area contributed by atoms with E-state index in [2.05, 4.69) is 10.6 Å². The summed E-state index contributed by atoms with van der Waals surface area (Å²) >= 11 is 0. The van der Waals surface area contributed by atoms with Gasteiger partial charge < -0.3 is 15.5 Å². The number of benzene rings is 2. The number of anilines is 1. The van der Waals surface area contributed by atoms with Crippen LogP contribution in [0.5, 0.6) is 0 Å². The van der Waals surface area contributed by atoms with E-state index in [1.54, 1.807) is 17.0 Å². The lowest BCUT2D eigenvalue weighted by molar-refractivity contribution is -0.120. The van der Waals surface area contributed by atoms with Crippen LogP contribution in [0.1, 0.15) is 24.0 Å². The number of nitrogens with one attached hydrogen (secondary N) is 2. The van der Waals surface area contributed by atoms with Gasteiger partial charge in [-0.25, -0.2) is 9.18 Å². The Kier molecular flexibility index (Phi) is 6.63. The molecule has 1 aliphatic heterocycles. The Balaban J connectivity index is 1.38. The Morgan fingerprint density at radius 3 is 2.50 bits per heavy atom. The molecule has 0 radical (unpaired) electrons. The molecule has 0 saturated carbocycles. The molecule has 3 rings (SSSR count). The molecule has 1 saturated heterocycles. The number of urea groups is 1. The van der Waals surface area contributed by atoms with Crippen molar-refractivity contribution in [1.29, 1.82) is 0 Å². The SMILES string of the molecule is Cc1cccc(CC(=O)NCC2CCN(C(=O)Nc3ccc(F)cc3)CC2)c1. The average molecular weight is 383 g/mol. The van der Waals surface area contributed by atoms with Crippen LogP contribution in [0.2, 0.25) is 0 Å². The van der Waals surface area contributed by atoms with Gasteiger partial charge in [0, 0.05) is 25.3 Å². The van der Waals surface area contributed by atoms with E-state index in [0.29, 0.717) is 37.7 Å². The predicted molar refractivity (Wildman–Crippen MR) is 108 cm³/mol. The third kappa shape index (κ3) is 5.81. The van der Waals surface area contributed by atoms with Gasteiger partial charge in [0.15, 0.2) is 0 Å². The van der Waals surface area contributed by atoms with Crippen molar-refractivity contribution in [2.24, 2.45) is 5.92 Å². The molecule has 0 atom stereocenters. The highest BCUT2D eigenvalue weighted by molar-refractivity contribution is 5.89. The maximum absolute atomic E-state index is 12.9. The summed E-state index contributed by atoms with van der Waals surface area (Å²) in [4.78, 5) is 26.2. The third-order valence-electron chi connectivity index (χ3n) is 5.03. The van der Waals surface area contributed by atoms with Crippen LogP contribution in [0.25, 0.3) is 0 Å². The van der Waals surface area contributed by atoms with E-state index in [0.717, 1.165) is 24.0 Å². The Morgan fingerprint density at radius 1 is 1.11 bits per heavy atom. The summed E-state index contributed by atoms with van der Waals surface area (Å²) in [5.74, 6) is 0.0710. The van der Waals surface area contributed by atoms with Crippen molar-refractivity contribution in [2.45, 2.75) is 26.2 Å². The van der Waals surface area contributed by atoms with Crippen LogP contribution in [-0.4, -0.2) is 36.5 Å². The fraction of sp³-hybridized carbons (Fsp3) is 0.364. The van der Waals surface area contributed by atoms with Crippen LogP contribution in [0.15, 0.2) is 48.5 Å². The van der Waals surface area contributed by atoms with Gasteiger partial charge in [0.1, 0.15) is 5.82 Å². The molecule has 1 aliphatic rings. The zero-order valence-electron chi connectivity index (χ0n) is 16.1. The number of rotatable bonds is 5. The number of hydrogen-bond acceptors (Lipinski definition) is 2. The summed E-state index contributed by atoms with van der Waals surface area (Å²) in [6, 6.07) is 13.5. The van der Waals surface area contributed by atoms with Gasteiger partial charge in [-0.2, -0.15) is 0 Å². The first kappa shape index (κ1) is 19.9. The van der Waals surface area contributed by atoms with Gasteiger partial charge in [-0.1, -0.05) is 29.8 Å². The molecule has 0 bridgehead atoms. The zero-order valence-corrected chi connectivity index (χ0v) is 16.1. The standard InChI is InChI=1S/C22H26FN3O2/c1-16-3-2-4-18(13-16)14-21(27)24-15-17-9-11-26(12-10-17)22(28)25-20-7-5-19(23)6-8-20/h2-8,13,17H,9-12,14-15H2,1H3,(H,24,27)(H,25,28). The van der Waals surface area contributed by atoms with E-state index in [1.165, 1.54) is 12.1 Å². The van der Waals surface area contributed by atoms with E-state index < -0.39 is 0 Å². The molecule has 5 nitrogen and oxygen atoms in total. The van der Waals surface area contributed by atoms with Crippen LogP contribution in [0, 0.1) is 18.7 Å². The minimum absolute atomic E-state index is 0.0297. The normalized spacial score (nSPS) is 14.6. The minimum atomic E-state index is -0.330. The van der Waals surface area contributed by atoms with Gasteiger partial charge in [-0.05, 0) is 55.5 Å². The van der Waals surface area contributed by atoms with Crippen molar-refractivity contribution in [1.82, 2.24) is 10.2 Å². The summed E-state index contributed by atoms with van der Waals surface area (Å²) in [7, 11) is 0. The van der Waals surface area contributed by atoms with Crippen molar-refractivity contribution < 1.29 is 14.0 Å². The highest BCUT2D eigenvalue weighted by atomic mass is 19.1. The molecule has 0 unspecified atom stereocenters. The van der Waals surface area contributed by atoms with E-state index in [4.69, 9.17) is 0 Å². The lowest BCUT2D eigenvalue weighted by Gasteiger charge is -2.32. The van der Waals surface area contributed by atoms with Crippen LogP contribution < -0.4 is 10.6 Å². The van der Waals surface area contributed by atoms with Crippen molar-refractivity contribution in [3.8, 4) is 0 Å². The van der Waals surface area contributed by atoms with Gasteiger partial charge in [-0.3, -0.25) is 4.79 Å². The smallest absolute Gasteiger partial charge is 0.321 e. The lowest BCUT2D eigenvalue weighted by atomic mass is 9.97. The second-order valence-electron chi connectivity index (χ2n) is 7.34. The van der Waals surface area contributed by atoms with Crippen molar-refractivity contribution in [3.05, 3.63) is 65.5 Å². The largest absolute Gasteiger partial charge is 0.356 e. The summed E-state index contributed by atoms with van der Waals surface area (Å²) in [6.07, 6.45) is 2.09. The second kappa shape index (κ2) is 9.35. The van der Waals surface area contributed by atoms with E-state index >= 15 is 0 Å². The molecule has 2 N–H and O–H groups in total. The first-order valence-corrected chi connectivity index (χ1v) is 9.63. The average Bonchev–Trinajstić information content (AvgIpc) is 2.68. The van der Waals surface area contributed by atoms with Crippen molar-refractivity contribution in [2.75, 3.05) is 25.0 Å². The Hall–Kier alpha value is -2.89. The van der Waals surface area contributed by atoms with Gasteiger partial charge in [0.25, 0.3) is 0 Å². The number of carbonyl (C=O) groups excluding carboxylic acids is 2. The van der Waals surface area contributed by atoms with Gasteiger partial charge in [0.2, 0.25) is 5.91 Å². The summed E-state index contributed by atoms with van der Waals surface area (Å²) < 4.78 is 12.9. The number of nitrogens with zero attached hydrogens (tertiary/aromatic N) is 1. The molecular weight excluding hydrogens is 357 g/mol. The van der Waals surface area contributed by atoms with E-state index in [1.807, 2.05) is 31.2 Å². The molecule has 148 valence electrons. The fourth-order valence-electron chi connectivity index (χ4n) is 3.40. The molecule has 1 heterocycles. The first-order valence-electron chi connectivity index (χ1n) is 9.63. The third-order valence-corrected chi connectivity index (χ3v) is 5.03. The maximum Gasteiger partial charge on any atom is 0.321 e. The quantitative estimate of drug-likeness (QED) is 0.826. The van der Waals surface area contributed by atoms with Gasteiger partial charge >= 0.3 is 6.03 Å². The number of halogens is 1. The maximum atomic E-state index is 12.9. The summed E-state index contributed by atoms with van der Waals surface area (Å²) in [5, 5.41) is 5.80. The predicted octanol–water partition coefficient (Wildman–Crippen LogP) is 3.74. The monoisotopic (exact) mass is 383 g/mol. The summed E-state index contributed by atoms with van der Waals surface area (Å²) in [5.41, 5.74) is 2.75. The molecule has 6 heteroatoms. The summed E-state index contributed by atoms with van der Waals surface area (Å²) in [6.45, 7) is 3.94. The molecular formula is C22H26FN3O2. The van der Waals surface area contributed by atoms with Crippen LogP contribution >= 0.6 is 0 Å². The van der Waals surface area contributed by atoms with Gasteiger partial charge in [-0.15, -0.1) is 0 Å². The molecule has 0 aromatic heterocycles. The molecule has 3 amide bonds. The Labute approximate surface area is 164 Å². The van der Waals surface area contributed by atoms with Crippen molar-refractivity contribution in [3.63, 3.8) is 0 Å². The topological polar surface area (TPSA) is 61.4 Å². The minimum Gasteiger partial charge on any atom is -0.356 e. The van der Waals surface area contributed by atoms with Crippen LogP contribution in [0.3, 0.4) is 0 Å². The first-order chi connectivity index (χ1) is 13.5. The molecule has 0 spiro atoms. The molecule has 28 heavy (non-hydrogen) atoms. The van der Waals surface area contributed by atoms with Crippen LogP contribution in [-0.2, 0) is 11.2 Å². The fourth-order valence-corrected chi connectivity index (χ4v) is 3.40. The number of likely N-dealkylation sites (tertiary alicyclic amines) is 1. The number of piperidine rings is 1. The van der Waals surface area contributed by atoms with Gasteiger partial charge in [0.05, 0.1) is 6.42 Å². The number of carbonyl (C=O) groups is 2. The number of aryl methyl sites for hydroxylation is 1. The van der Waals surface area contributed by atoms with E-state index in [-0.39, 0.29) is 17.8 Å².